The molecule has 1 nitrogen and oxygen atoms in total. The molecule has 0 aliphatic rings. The van der Waals surface area contributed by atoms with Crippen LogP contribution >= 0.6 is 22.6 Å². The van der Waals surface area contributed by atoms with E-state index in [-0.39, 0.29) is 5.92 Å². The molecule has 0 radical (unpaired) electrons. The van der Waals surface area contributed by atoms with Crippen LogP contribution in [0.15, 0.2) is 36.9 Å². The highest BCUT2D eigenvalue weighted by Crippen LogP contribution is 2.19. The van der Waals surface area contributed by atoms with Gasteiger partial charge in [-0.25, -0.2) is 0 Å². The molecule has 66 valence electrons. The summed E-state index contributed by atoms with van der Waals surface area (Å²) in [5.41, 5.74) is 1.07. The van der Waals surface area contributed by atoms with E-state index >= 15 is 0 Å². The molecule has 0 saturated heterocycles. The fraction of sp³-hybridized carbons (Fsp3) is 0.182. The van der Waals surface area contributed by atoms with Crippen molar-refractivity contribution in [3.63, 3.8) is 0 Å². The zero-order valence-electron chi connectivity index (χ0n) is 7.20. The third-order valence-electron chi connectivity index (χ3n) is 1.83. The van der Waals surface area contributed by atoms with E-state index < -0.39 is 0 Å². The molecule has 0 heterocycles. The predicted octanol–water partition coefficient (Wildman–Crippen LogP) is 3.47. The summed E-state index contributed by atoms with van der Waals surface area (Å²) < 4.78 is 1.19. The molecule has 1 aromatic rings. The van der Waals surface area contributed by atoms with Crippen molar-refractivity contribution < 1.29 is 0 Å². The number of hydrogen-bond acceptors (Lipinski definition) is 1. The summed E-state index contributed by atoms with van der Waals surface area (Å²) >= 11 is 2.25. The molecule has 0 aliphatic heterocycles. The van der Waals surface area contributed by atoms with Gasteiger partial charge in [-0.3, -0.25) is 0 Å². The van der Waals surface area contributed by atoms with Crippen molar-refractivity contribution in [2.24, 2.45) is 0 Å². The van der Waals surface area contributed by atoms with Crippen molar-refractivity contribution >= 4 is 22.6 Å². The Morgan fingerprint density at radius 1 is 1.46 bits per heavy atom. The molecule has 2 heteroatoms. The highest BCUT2D eigenvalue weighted by atomic mass is 127. The molecule has 0 bridgehead atoms. The van der Waals surface area contributed by atoms with Crippen LogP contribution in [0.3, 0.4) is 0 Å². The Labute approximate surface area is 92.2 Å². The Bertz CT molecular complexity index is 321. The zero-order valence-corrected chi connectivity index (χ0v) is 9.36. The van der Waals surface area contributed by atoms with Gasteiger partial charge in [0, 0.05) is 3.57 Å². The van der Waals surface area contributed by atoms with Crippen LogP contribution in [-0.4, -0.2) is 0 Å². The predicted molar refractivity (Wildman–Crippen MR) is 62.3 cm³/mol. The van der Waals surface area contributed by atoms with Crippen molar-refractivity contribution in [2.75, 3.05) is 0 Å². The van der Waals surface area contributed by atoms with Gasteiger partial charge in [0.2, 0.25) is 0 Å². The Morgan fingerprint density at radius 2 is 2.08 bits per heavy atom. The molecule has 1 aromatic carbocycles. The lowest BCUT2D eigenvalue weighted by Gasteiger charge is -2.05. The first-order valence-corrected chi connectivity index (χ1v) is 5.11. The molecule has 1 rings (SSSR count). The van der Waals surface area contributed by atoms with E-state index in [4.69, 9.17) is 5.26 Å². The van der Waals surface area contributed by atoms with Crippen LogP contribution in [0.5, 0.6) is 0 Å². The van der Waals surface area contributed by atoms with Crippen LogP contribution in [-0.2, 0) is 0 Å². The number of nitrogens with zero attached hydrogens (tertiary/aromatic N) is 1. The summed E-state index contributed by atoms with van der Waals surface area (Å²) in [7, 11) is 0. The lowest BCUT2D eigenvalue weighted by molar-refractivity contribution is 0.879. The summed E-state index contributed by atoms with van der Waals surface area (Å²) in [5.74, 6) is -0.0468. The van der Waals surface area contributed by atoms with Gasteiger partial charge in [-0.1, -0.05) is 18.2 Å². The smallest absolute Gasteiger partial charge is 0.0747 e. The topological polar surface area (TPSA) is 23.8 Å². The van der Waals surface area contributed by atoms with Gasteiger partial charge in [0.05, 0.1) is 12.0 Å². The lowest BCUT2D eigenvalue weighted by Crippen LogP contribution is -1.93. The van der Waals surface area contributed by atoms with Crippen molar-refractivity contribution in [3.05, 3.63) is 46.1 Å². The summed E-state index contributed by atoms with van der Waals surface area (Å²) in [6, 6.07) is 10.3. The zero-order chi connectivity index (χ0) is 9.68. The van der Waals surface area contributed by atoms with Gasteiger partial charge in [0.15, 0.2) is 0 Å². The molecule has 0 fully saturated rings. The minimum atomic E-state index is -0.0468. The fourth-order valence-electron chi connectivity index (χ4n) is 1.13. The van der Waals surface area contributed by atoms with Crippen molar-refractivity contribution in [1.29, 1.82) is 5.26 Å². The summed E-state index contributed by atoms with van der Waals surface area (Å²) in [6.45, 7) is 3.64. The molecule has 0 spiro atoms. The number of allylic oxidation sites excluding steroid dienone is 1. The second-order valence-corrected chi connectivity index (χ2v) is 4.00. The van der Waals surface area contributed by atoms with Crippen LogP contribution < -0.4 is 0 Å². The molecule has 0 N–H and O–H groups in total. The van der Waals surface area contributed by atoms with Crippen molar-refractivity contribution in [3.8, 4) is 6.07 Å². The first kappa shape index (κ1) is 10.3. The first-order chi connectivity index (χ1) is 6.27. The van der Waals surface area contributed by atoms with E-state index in [0.29, 0.717) is 0 Å². The second-order valence-electron chi connectivity index (χ2n) is 2.76. The Balaban J connectivity index is 2.87. The number of rotatable bonds is 3. The minimum Gasteiger partial charge on any atom is -0.198 e. The van der Waals surface area contributed by atoms with Crippen LogP contribution in [0, 0.1) is 14.9 Å². The third-order valence-corrected chi connectivity index (χ3v) is 2.55. The summed E-state index contributed by atoms with van der Waals surface area (Å²) in [4.78, 5) is 0. The quantitative estimate of drug-likeness (QED) is 0.615. The largest absolute Gasteiger partial charge is 0.198 e. The normalized spacial score (nSPS) is 11.7. The second kappa shape index (κ2) is 5.03. The van der Waals surface area contributed by atoms with Gasteiger partial charge in [-0.2, -0.15) is 5.26 Å². The highest BCUT2D eigenvalue weighted by molar-refractivity contribution is 14.1. The molecular formula is C11H10IN. The summed E-state index contributed by atoms with van der Waals surface area (Å²) in [5, 5.41) is 8.88. The maximum Gasteiger partial charge on any atom is 0.0747 e. The van der Waals surface area contributed by atoms with Gasteiger partial charge in [0.1, 0.15) is 0 Å². The molecule has 1 atom stereocenters. The Morgan fingerprint density at radius 3 is 2.54 bits per heavy atom. The average Bonchev–Trinajstić information content (AvgIpc) is 2.16. The standard InChI is InChI=1S/C11H10IN/c1-2-3-10(8-13)9-4-6-11(12)7-5-9/h2,4-7,10H,1,3H2. The van der Waals surface area contributed by atoms with E-state index in [1.165, 1.54) is 3.57 Å². The highest BCUT2D eigenvalue weighted by Gasteiger charge is 2.07. The van der Waals surface area contributed by atoms with Crippen LogP contribution in [0.25, 0.3) is 0 Å². The Hall–Kier alpha value is -0.820. The van der Waals surface area contributed by atoms with Gasteiger partial charge in [-0.05, 0) is 46.7 Å². The number of halogens is 1. The number of benzene rings is 1. The monoisotopic (exact) mass is 283 g/mol. The van der Waals surface area contributed by atoms with Crippen molar-refractivity contribution in [2.45, 2.75) is 12.3 Å². The molecule has 1 unspecified atom stereocenters. The Kier molecular flexibility index (Phi) is 3.97. The van der Waals surface area contributed by atoms with E-state index in [1.807, 2.05) is 24.3 Å². The maximum absolute atomic E-state index is 8.88. The minimum absolute atomic E-state index is 0.0468. The summed E-state index contributed by atoms with van der Waals surface area (Å²) in [6.07, 6.45) is 2.50. The van der Waals surface area contributed by atoms with E-state index in [0.717, 1.165) is 12.0 Å². The number of hydrogen-bond donors (Lipinski definition) is 0. The van der Waals surface area contributed by atoms with Crippen LogP contribution in [0.2, 0.25) is 0 Å². The van der Waals surface area contributed by atoms with E-state index in [2.05, 4.69) is 35.2 Å². The third kappa shape index (κ3) is 2.85. The van der Waals surface area contributed by atoms with Gasteiger partial charge in [-0.15, -0.1) is 6.58 Å². The van der Waals surface area contributed by atoms with Crippen molar-refractivity contribution in [1.82, 2.24) is 0 Å². The first-order valence-electron chi connectivity index (χ1n) is 4.04. The SMILES string of the molecule is C=CCC(C#N)c1ccc(I)cc1. The van der Waals surface area contributed by atoms with Gasteiger partial charge >= 0.3 is 0 Å². The van der Waals surface area contributed by atoms with E-state index in [1.54, 1.807) is 6.08 Å². The van der Waals surface area contributed by atoms with E-state index in [9.17, 15) is 0 Å². The molecule has 0 aromatic heterocycles. The molecular weight excluding hydrogens is 273 g/mol. The van der Waals surface area contributed by atoms with Gasteiger partial charge < -0.3 is 0 Å². The van der Waals surface area contributed by atoms with Gasteiger partial charge in [0.25, 0.3) is 0 Å². The van der Waals surface area contributed by atoms with Crippen LogP contribution in [0.4, 0.5) is 0 Å². The lowest BCUT2D eigenvalue weighted by atomic mass is 9.98. The molecule has 0 saturated carbocycles. The average molecular weight is 283 g/mol. The maximum atomic E-state index is 8.88. The number of nitriles is 1. The fourth-order valence-corrected chi connectivity index (χ4v) is 1.48. The molecule has 0 aliphatic carbocycles. The molecule has 0 amide bonds. The van der Waals surface area contributed by atoms with Crippen LogP contribution in [0.1, 0.15) is 17.9 Å². The molecule has 13 heavy (non-hydrogen) atoms.